The first kappa shape index (κ1) is 11.0. The molecule has 4 nitrogen and oxygen atoms in total. The molecule has 14 heavy (non-hydrogen) atoms. The predicted octanol–water partition coefficient (Wildman–Crippen LogP) is 0.556. The maximum absolute atomic E-state index is 10.5. The number of anilines is 1. The quantitative estimate of drug-likeness (QED) is 0.626. The summed E-state index contributed by atoms with van der Waals surface area (Å²) in [6.07, 6.45) is 0. The third kappa shape index (κ3) is 3.76. The number of rotatable bonds is 5. The maximum atomic E-state index is 10.5. The Morgan fingerprint density at radius 2 is 2.36 bits per heavy atom. The van der Waals surface area contributed by atoms with Gasteiger partial charge in [0.25, 0.3) is 0 Å². The van der Waals surface area contributed by atoms with Crippen molar-refractivity contribution in [3.8, 4) is 0 Å². The molecule has 1 aromatic heterocycles. The molecule has 0 aliphatic carbocycles. The summed E-state index contributed by atoms with van der Waals surface area (Å²) in [6.45, 7) is 3.69. The number of nitrogens with two attached hydrogens (primary N) is 1. The SMILES string of the molecule is CC(=O)NCCNCc1sccc1N. The summed E-state index contributed by atoms with van der Waals surface area (Å²) in [5, 5.41) is 7.88. The van der Waals surface area contributed by atoms with Gasteiger partial charge in [-0.3, -0.25) is 4.79 Å². The Kier molecular flexibility index (Phi) is 4.42. The summed E-state index contributed by atoms with van der Waals surface area (Å²) in [6, 6.07) is 1.90. The number of nitrogen functional groups attached to an aromatic ring is 1. The normalized spacial score (nSPS) is 10.1. The lowest BCUT2D eigenvalue weighted by Gasteiger charge is -2.04. The van der Waals surface area contributed by atoms with E-state index < -0.39 is 0 Å². The van der Waals surface area contributed by atoms with Gasteiger partial charge in [0.2, 0.25) is 5.91 Å². The average molecular weight is 213 g/mol. The molecule has 4 N–H and O–H groups in total. The Bertz CT molecular complexity index is 298. The van der Waals surface area contributed by atoms with Crippen molar-refractivity contribution in [3.05, 3.63) is 16.3 Å². The van der Waals surface area contributed by atoms with E-state index in [0.717, 1.165) is 23.7 Å². The van der Waals surface area contributed by atoms with Crippen molar-refractivity contribution < 1.29 is 4.79 Å². The molecule has 0 unspecified atom stereocenters. The first-order valence-electron chi connectivity index (χ1n) is 4.47. The number of hydrogen-bond donors (Lipinski definition) is 3. The van der Waals surface area contributed by atoms with Gasteiger partial charge >= 0.3 is 0 Å². The molecule has 0 radical (unpaired) electrons. The van der Waals surface area contributed by atoms with E-state index in [9.17, 15) is 4.79 Å². The molecule has 0 aliphatic rings. The molecule has 1 amide bonds. The van der Waals surface area contributed by atoms with Crippen LogP contribution in [0.3, 0.4) is 0 Å². The van der Waals surface area contributed by atoms with Crippen molar-refractivity contribution in [1.82, 2.24) is 10.6 Å². The fourth-order valence-electron chi connectivity index (χ4n) is 1.02. The lowest BCUT2D eigenvalue weighted by molar-refractivity contribution is -0.118. The smallest absolute Gasteiger partial charge is 0.216 e. The summed E-state index contributed by atoms with van der Waals surface area (Å²) < 4.78 is 0. The summed E-state index contributed by atoms with van der Waals surface area (Å²) in [5.74, 6) is 0.00226. The van der Waals surface area contributed by atoms with Gasteiger partial charge in [-0.05, 0) is 11.4 Å². The predicted molar refractivity (Wildman–Crippen MR) is 59.1 cm³/mol. The Hall–Kier alpha value is -1.07. The van der Waals surface area contributed by atoms with Gasteiger partial charge in [-0.25, -0.2) is 0 Å². The molecule has 0 aliphatic heterocycles. The van der Waals surface area contributed by atoms with Crippen LogP contribution in [0.25, 0.3) is 0 Å². The van der Waals surface area contributed by atoms with Crippen LogP contribution in [0.2, 0.25) is 0 Å². The molecule has 0 fully saturated rings. The van der Waals surface area contributed by atoms with Crippen LogP contribution < -0.4 is 16.4 Å². The summed E-state index contributed by atoms with van der Waals surface area (Å²) in [4.78, 5) is 11.7. The molecular weight excluding hydrogens is 198 g/mol. The van der Waals surface area contributed by atoms with Crippen molar-refractivity contribution in [2.75, 3.05) is 18.8 Å². The zero-order valence-electron chi connectivity index (χ0n) is 8.17. The van der Waals surface area contributed by atoms with E-state index in [-0.39, 0.29) is 5.91 Å². The second kappa shape index (κ2) is 5.62. The van der Waals surface area contributed by atoms with Crippen LogP contribution in [0.15, 0.2) is 11.4 Å². The molecule has 0 saturated heterocycles. The van der Waals surface area contributed by atoms with Crippen molar-refractivity contribution in [2.45, 2.75) is 13.5 Å². The number of nitrogens with one attached hydrogen (secondary N) is 2. The summed E-state index contributed by atoms with van der Waals surface area (Å²) >= 11 is 1.64. The van der Waals surface area contributed by atoms with Crippen LogP contribution in [0.5, 0.6) is 0 Å². The highest BCUT2D eigenvalue weighted by molar-refractivity contribution is 7.10. The van der Waals surface area contributed by atoms with E-state index in [1.807, 2.05) is 11.4 Å². The third-order valence-electron chi connectivity index (χ3n) is 1.74. The summed E-state index contributed by atoms with van der Waals surface area (Å²) in [5.41, 5.74) is 6.54. The van der Waals surface area contributed by atoms with Gasteiger partial charge in [0.05, 0.1) is 0 Å². The zero-order chi connectivity index (χ0) is 10.4. The van der Waals surface area contributed by atoms with Gasteiger partial charge in [-0.1, -0.05) is 0 Å². The van der Waals surface area contributed by atoms with Crippen LogP contribution in [0.1, 0.15) is 11.8 Å². The second-order valence-electron chi connectivity index (χ2n) is 2.96. The minimum Gasteiger partial charge on any atom is -0.398 e. The third-order valence-corrected chi connectivity index (χ3v) is 2.68. The standard InChI is InChI=1S/C9H15N3OS/c1-7(13)12-4-3-11-6-9-8(10)2-5-14-9/h2,5,11H,3-4,6,10H2,1H3,(H,12,13). The van der Waals surface area contributed by atoms with Gasteiger partial charge in [0.1, 0.15) is 0 Å². The van der Waals surface area contributed by atoms with Crippen LogP contribution in [0, 0.1) is 0 Å². The van der Waals surface area contributed by atoms with Gasteiger partial charge < -0.3 is 16.4 Å². The number of hydrogen-bond acceptors (Lipinski definition) is 4. The topological polar surface area (TPSA) is 67.2 Å². The molecule has 1 rings (SSSR count). The van der Waals surface area contributed by atoms with Gasteiger partial charge in [-0.2, -0.15) is 0 Å². The van der Waals surface area contributed by atoms with Crippen molar-refractivity contribution in [3.63, 3.8) is 0 Å². The molecule has 0 aromatic carbocycles. The maximum Gasteiger partial charge on any atom is 0.216 e. The first-order chi connectivity index (χ1) is 6.70. The minimum absolute atomic E-state index is 0.00226. The molecule has 0 saturated carbocycles. The van der Waals surface area contributed by atoms with E-state index in [1.54, 1.807) is 11.3 Å². The number of thiophene rings is 1. The van der Waals surface area contributed by atoms with Gasteiger partial charge in [0.15, 0.2) is 0 Å². The Morgan fingerprint density at radius 1 is 1.57 bits per heavy atom. The first-order valence-corrected chi connectivity index (χ1v) is 5.35. The molecule has 5 heteroatoms. The van der Waals surface area contributed by atoms with Crippen molar-refractivity contribution >= 4 is 22.9 Å². The Morgan fingerprint density at radius 3 is 2.93 bits per heavy atom. The van der Waals surface area contributed by atoms with E-state index >= 15 is 0 Å². The lowest BCUT2D eigenvalue weighted by Crippen LogP contribution is -2.29. The monoisotopic (exact) mass is 213 g/mol. The molecule has 0 spiro atoms. The Balaban J connectivity index is 2.10. The molecular formula is C9H15N3OS. The lowest BCUT2D eigenvalue weighted by atomic mass is 10.4. The highest BCUT2D eigenvalue weighted by atomic mass is 32.1. The van der Waals surface area contributed by atoms with E-state index in [2.05, 4.69) is 10.6 Å². The van der Waals surface area contributed by atoms with Crippen LogP contribution in [0.4, 0.5) is 5.69 Å². The fourth-order valence-corrected chi connectivity index (χ4v) is 1.79. The number of amides is 1. The van der Waals surface area contributed by atoms with E-state index in [4.69, 9.17) is 5.73 Å². The molecule has 0 bridgehead atoms. The molecule has 0 atom stereocenters. The van der Waals surface area contributed by atoms with Crippen LogP contribution >= 0.6 is 11.3 Å². The highest BCUT2D eigenvalue weighted by Gasteiger charge is 1.98. The largest absolute Gasteiger partial charge is 0.398 e. The highest BCUT2D eigenvalue weighted by Crippen LogP contribution is 2.17. The second-order valence-corrected chi connectivity index (χ2v) is 3.96. The van der Waals surface area contributed by atoms with Crippen molar-refractivity contribution in [2.24, 2.45) is 0 Å². The van der Waals surface area contributed by atoms with E-state index in [1.165, 1.54) is 6.92 Å². The van der Waals surface area contributed by atoms with E-state index in [0.29, 0.717) is 6.54 Å². The summed E-state index contributed by atoms with van der Waals surface area (Å²) in [7, 11) is 0. The fraction of sp³-hybridized carbons (Fsp3) is 0.444. The van der Waals surface area contributed by atoms with Gasteiger partial charge in [-0.15, -0.1) is 11.3 Å². The van der Waals surface area contributed by atoms with Crippen LogP contribution in [-0.2, 0) is 11.3 Å². The Labute approximate surface area is 87.5 Å². The molecule has 78 valence electrons. The van der Waals surface area contributed by atoms with Crippen molar-refractivity contribution in [1.29, 1.82) is 0 Å². The number of carbonyl (C=O) groups excluding carboxylic acids is 1. The van der Waals surface area contributed by atoms with Crippen LogP contribution in [-0.4, -0.2) is 19.0 Å². The number of carbonyl (C=O) groups is 1. The zero-order valence-corrected chi connectivity index (χ0v) is 8.99. The van der Waals surface area contributed by atoms with Gasteiger partial charge in [0, 0.05) is 37.1 Å². The molecule has 1 aromatic rings. The minimum atomic E-state index is 0.00226. The average Bonchev–Trinajstić information content (AvgIpc) is 2.51. The molecule has 1 heterocycles.